The maximum absolute atomic E-state index is 12.5. The number of hydrogen-bond donors (Lipinski definition) is 2. The first-order chi connectivity index (χ1) is 14.3. The third-order valence-electron chi connectivity index (χ3n) is 5.32. The van der Waals surface area contributed by atoms with Crippen LogP contribution in [0.15, 0.2) is 47.1 Å². The number of urea groups is 1. The van der Waals surface area contributed by atoms with Crippen molar-refractivity contribution in [2.45, 2.75) is 32.7 Å². The summed E-state index contributed by atoms with van der Waals surface area (Å²) in [6.45, 7) is 7.72. The molecule has 1 saturated heterocycles. The van der Waals surface area contributed by atoms with Crippen LogP contribution in [0.1, 0.15) is 48.1 Å². The molecule has 1 aliphatic heterocycles. The maximum Gasteiger partial charge on any atom is 0.321 e. The molecule has 30 heavy (non-hydrogen) atoms. The van der Waals surface area contributed by atoms with Gasteiger partial charge in [0.05, 0.1) is 6.26 Å². The molecule has 2 heterocycles. The van der Waals surface area contributed by atoms with Crippen LogP contribution in [0.25, 0.3) is 0 Å². The van der Waals surface area contributed by atoms with Crippen molar-refractivity contribution in [2.24, 2.45) is 0 Å². The highest BCUT2D eigenvalue weighted by atomic mass is 16.3. The number of hydrogen-bond acceptors (Lipinski definition) is 4. The lowest BCUT2D eigenvalue weighted by molar-refractivity contribution is 0.0640. The van der Waals surface area contributed by atoms with E-state index in [0.29, 0.717) is 43.2 Å². The van der Waals surface area contributed by atoms with E-state index in [-0.39, 0.29) is 23.4 Å². The minimum absolute atomic E-state index is 0.142. The normalized spacial score (nSPS) is 14.4. The first-order valence-electron chi connectivity index (χ1n) is 10.1. The summed E-state index contributed by atoms with van der Waals surface area (Å²) in [5.74, 6) is -0.00315. The number of carbonyl (C=O) groups excluding carboxylic acids is 3. The van der Waals surface area contributed by atoms with Crippen molar-refractivity contribution in [2.75, 3.05) is 31.5 Å². The largest absolute Gasteiger partial charge is 0.459 e. The standard InChI is InChI=1S/C22H28N4O4/c1-4-22(2,3)24-19(27)16-7-9-17(10-8-16)23-21(29)26-13-11-25(12-14-26)20(28)18-6-5-15-30-18/h5-10,15H,4,11-14H2,1-3H3,(H,23,29)(H,24,27). The molecule has 8 nitrogen and oxygen atoms in total. The molecule has 0 aliphatic carbocycles. The number of anilines is 1. The first kappa shape index (κ1) is 21.4. The van der Waals surface area contributed by atoms with Gasteiger partial charge in [-0.15, -0.1) is 0 Å². The van der Waals surface area contributed by atoms with Gasteiger partial charge in [0.2, 0.25) is 0 Å². The van der Waals surface area contributed by atoms with Gasteiger partial charge in [-0.25, -0.2) is 4.79 Å². The van der Waals surface area contributed by atoms with Crippen LogP contribution in [-0.4, -0.2) is 59.4 Å². The van der Waals surface area contributed by atoms with Gasteiger partial charge in [0.1, 0.15) is 0 Å². The van der Waals surface area contributed by atoms with Gasteiger partial charge in [-0.05, 0) is 56.7 Å². The minimum Gasteiger partial charge on any atom is -0.459 e. The Balaban J connectivity index is 1.50. The third kappa shape index (κ3) is 5.20. The first-order valence-corrected chi connectivity index (χ1v) is 10.1. The molecule has 1 aliphatic rings. The lowest BCUT2D eigenvalue weighted by Gasteiger charge is -2.34. The number of rotatable bonds is 5. The van der Waals surface area contributed by atoms with Crippen molar-refractivity contribution >= 4 is 23.5 Å². The van der Waals surface area contributed by atoms with Crippen LogP contribution in [0.3, 0.4) is 0 Å². The number of nitrogens with one attached hydrogen (secondary N) is 2. The Labute approximate surface area is 176 Å². The average Bonchev–Trinajstić information content (AvgIpc) is 3.28. The Morgan fingerprint density at radius 2 is 1.63 bits per heavy atom. The Hall–Kier alpha value is -3.29. The van der Waals surface area contributed by atoms with Crippen molar-refractivity contribution in [3.8, 4) is 0 Å². The highest BCUT2D eigenvalue weighted by molar-refractivity contribution is 5.96. The zero-order valence-electron chi connectivity index (χ0n) is 17.6. The van der Waals surface area contributed by atoms with Crippen molar-refractivity contribution in [3.63, 3.8) is 0 Å². The molecule has 1 fully saturated rings. The SMILES string of the molecule is CCC(C)(C)NC(=O)c1ccc(NC(=O)N2CCN(C(=O)c3ccco3)CC2)cc1. The van der Waals surface area contributed by atoms with E-state index in [2.05, 4.69) is 10.6 Å². The van der Waals surface area contributed by atoms with Crippen LogP contribution in [0.5, 0.6) is 0 Å². The highest BCUT2D eigenvalue weighted by Crippen LogP contribution is 2.15. The van der Waals surface area contributed by atoms with E-state index in [4.69, 9.17) is 4.42 Å². The van der Waals surface area contributed by atoms with Crippen molar-refractivity contribution in [3.05, 3.63) is 54.0 Å². The van der Waals surface area contributed by atoms with Gasteiger partial charge in [0.25, 0.3) is 11.8 Å². The molecule has 3 rings (SSSR count). The van der Waals surface area contributed by atoms with Gasteiger partial charge >= 0.3 is 6.03 Å². The van der Waals surface area contributed by atoms with Gasteiger partial charge < -0.3 is 24.9 Å². The van der Waals surface area contributed by atoms with Crippen LogP contribution in [0.4, 0.5) is 10.5 Å². The lowest BCUT2D eigenvalue weighted by atomic mass is 10.0. The van der Waals surface area contributed by atoms with E-state index >= 15 is 0 Å². The van der Waals surface area contributed by atoms with Gasteiger partial charge in [0.15, 0.2) is 5.76 Å². The van der Waals surface area contributed by atoms with Gasteiger partial charge in [-0.1, -0.05) is 6.92 Å². The fraction of sp³-hybridized carbons (Fsp3) is 0.409. The Bertz CT molecular complexity index is 882. The number of carbonyl (C=O) groups is 3. The van der Waals surface area contributed by atoms with Crippen LogP contribution in [-0.2, 0) is 0 Å². The molecule has 0 atom stereocenters. The summed E-state index contributed by atoms with van der Waals surface area (Å²) in [6.07, 6.45) is 2.30. The van der Waals surface area contributed by atoms with E-state index in [0.717, 1.165) is 6.42 Å². The molecule has 0 radical (unpaired) electrons. The molecule has 2 N–H and O–H groups in total. The summed E-state index contributed by atoms with van der Waals surface area (Å²) in [4.78, 5) is 40.5. The fourth-order valence-corrected chi connectivity index (χ4v) is 3.04. The van der Waals surface area contributed by atoms with Crippen LogP contribution < -0.4 is 10.6 Å². The average molecular weight is 412 g/mol. The molecule has 4 amide bonds. The predicted octanol–water partition coefficient (Wildman–Crippen LogP) is 3.19. The summed E-state index contributed by atoms with van der Waals surface area (Å²) < 4.78 is 5.15. The van der Waals surface area contributed by atoms with Crippen LogP contribution in [0, 0.1) is 0 Å². The molecule has 1 aromatic heterocycles. The number of furan rings is 1. The van der Waals surface area contributed by atoms with E-state index < -0.39 is 0 Å². The van der Waals surface area contributed by atoms with Crippen LogP contribution in [0.2, 0.25) is 0 Å². The van der Waals surface area contributed by atoms with Crippen molar-refractivity contribution in [1.82, 2.24) is 15.1 Å². The molecule has 0 unspecified atom stereocenters. The zero-order valence-corrected chi connectivity index (χ0v) is 17.6. The Morgan fingerprint density at radius 1 is 1.00 bits per heavy atom. The van der Waals surface area contributed by atoms with Crippen molar-refractivity contribution < 1.29 is 18.8 Å². The highest BCUT2D eigenvalue weighted by Gasteiger charge is 2.26. The summed E-state index contributed by atoms with van der Waals surface area (Å²) in [5.41, 5.74) is 0.879. The molecule has 1 aromatic carbocycles. The molecular weight excluding hydrogens is 384 g/mol. The van der Waals surface area contributed by atoms with Gasteiger partial charge in [-0.2, -0.15) is 0 Å². The smallest absolute Gasteiger partial charge is 0.321 e. The summed E-state index contributed by atoms with van der Waals surface area (Å²) in [6, 6.07) is 9.88. The monoisotopic (exact) mass is 412 g/mol. The molecule has 0 bridgehead atoms. The molecule has 2 aromatic rings. The summed E-state index contributed by atoms with van der Waals surface area (Å²) in [5, 5.41) is 5.83. The van der Waals surface area contributed by atoms with E-state index in [9.17, 15) is 14.4 Å². The molecule has 160 valence electrons. The second-order valence-corrected chi connectivity index (χ2v) is 7.96. The van der Waals surface area contributed by atoms with E-state index in [1.165, 1.54) is 6.26 Å². The predicted molar refractivity (Wildman–Crippen MR) is 113 cm³/mol. The molecule has 0 saturated carbocycles. The van der Waals surface area contributed by atoms with Gasteiger partial charge in [-0.3, -0.25) is 9.59 Å². The van der Waals surface area contributed by atoms with Gasteiger partial charge in [0, 0.05) is 43.0 Å². The molecule has 0 spiro atoms. The number of nitrogens with zero attached hydrogens (tertiary/aromatic N) is 2. The van der Waals surface area contributed by atoms with Crippen molar-refractivity contribution in [1.29, 1.82) is 0 Å². The van der Waals surface area contributed by atoms with E-state index in [1.807, 2.05) is 20.8 Å². The molecule has 8 heteroatoms. The minimum atomic E-state index is -0.273. The maximum atomic E-state index is 12.5. The number of amides is 4. The number of piperazine rings is 1. The fourth-order valence-electron chi connectivity index (χ4n) is 3.04. The number of benzene rings is 1. The topological polar surface area (TPSA) is 94.9 Å². The van der Waals surface area contributed by atoms with E-state index in [1.54, 1.807) is 46.2 Å². The Kier molecular flexibility index (Phi) is 6.44. The van der Waals surface area contributed by atoms with Crippen LogP contribution >= 0.6 is 0 Å². The lowest BCUT2D eigenvalue weighted by Crippen LogP contribution is -2.51. The zero-order chi connectivity index (χ0) is 21.7. The quantitative estimate of drug-likeness (QED) is 0.788. The summed E-state index contributed by atoms with van der Waals surface area (Å²) >= 11 is 0. The molecular formula is C22H28N4O4. The second kappa shape index (κ2) is 9.02. The summed E-state index contributed by atoms with van der Waals surface area (Å²) in [7, 11) is 0. The third-order valence-corrected chi connectivity index (χ3v) is 5.32. The second-order valence-electron chi connectivity index (χ2n) is 7.96. The Morgan fingerprint density at radius 3 is 2.20 bits per heavy atom.